The van der Waals surface area contributed by atoms with Crippen LogP contribution in [0.25, 0.3) is 0 Å². The van der Waals surface area contributed by atoms with Crippen LogP contribution in [0.3, 0.4) is 0 Å². The van der Waals surface area contributed by atoms with Crippen molar-refractivity contribution in [2.24, 2.45) is 17.8 Å². The molecule has 166 valence electrons. The second kappa shape index (κ2) is 8.67. The number of nitrogens with zero attached hydrogens (tertiary/aromatic N) is 2. The molecule has 2 amide bonds. The van der Waals surface area contributed by atoms with Crippen LogP contribution < -0.4 is 9.62 Å². The zero-order valence-corrected chi connectivity index (χ0v) is 19.3. The van der Waals surface area contributed by atoms with Gasteiger partial charge in [-0.1, -0.05) is 27.7 Å². The van der Waals surface area contributed by atoms with Crippen LogP contribution in [0.1, 0.15) is 46.6 Å². The average molecular weight is 436 g/mol. The van der Waals surface area contributed by atoms with Gasteiger partial charge in [-0.05, 0) is 54.4 Å². The number of nitrogens with one attached hydrogen (secondary N) is 1. The van der Waals surface area contributed by atoms with E-state index in [9.17, 15) is 18.0 Å². The standard InChI is InChI=1S/C22H33N3O4S/c1-14(2)21(22(27)24-12-15(3)10-16(4)13-24)23-30(28,29)19-6-7-20-18(11-19)8-9-25(20)17(5)26/h6-7,11,14-16,21,23H,8-10,12-13H2,1-5H3. The highest BCUT2D eigenvalue weighted by molar-refractivity contribution is 7.89. The van der Waals surface area contributed by atoms with E-state index in [-0.39, 0.29) is 22.6 Å². The van der Waals surface area contributed by atoms with Crippen molar-refractivity contribution < 1.29 is 18.0 Å². The lowest BCUT2D eigenvalue weighted by Crippen LogP contribution is -2.54. The first-order chi connectivity index (χ1) is 14.0. The monoisotopic (exact) mass is 435 g/mol. The third-order valence-corrected chi connectivity index (χ3v) is 7.47. The number of hydrogen-bond acceptors (Lipinski definition) is 4. The minimum absolute atomic E-state index is 0.0575. The van der Waals surface area contributed by atoms with Gasteiger partial charge in [-0.2, -0.15) is 4.72 Å². The summed E-state index contributed by atoms with van der Waals surface area (Å²) in [6.07, 6.45) is 1.70. The minimum Gasteiger partial charge on any atom is -0.341 e. The molecule has 1 saturated heterocycles. The highest BCUT2D eigenvalue weighted by atomic mass is 32.2. The van der Waals surface area contributed by atoms with Gasteiger partial charge in [0.1, 0.15) is 6.04 Å². The van der Waals surface area contributed by atoms with Gasteiger partial charge < -0.3 is 9.80 Å². The minimum atomic E-state index is -3.88. The fourth-order valence-corrected chi connectivity index (χ4v) is 6.01. The molecule has 2 heterocycles. The summed E-state index contributed by atoms with van der Waals surface area (Å²) in [5.41, 5.74) is 1.59. The first kappa shape index (κ1) is 22.7. The van der Waals surface area contributed by atoms with Gasteiger partial charge >= 0.3 is 0 Å². The molecule has 3 rings (SSSR count). The average Bonchev–Trinajstić information content (AvgIpc) is 3.08. The summed E-state index contributed by atoms with van der Waals surface area (Å²) in [4.78, 5) is 28.5. The molecule has 0 aliphatic carbocycles. The fraction of sp³-hybridized carbons (Fsp3) is 0.636. The van der Waals surface area contributed by atoms with E-state index < -0.39 is 16.1 Å². The third kappa shape index (κ3) is 4.70. The summed E-state index contributed by atoms with van der Waals surface area (Å²) in [5, 5.41) is 0. The lowest BCUT2D eigenvalue weighted by molar-refractivity contribution is -0.136. The normalized spacial score (nSPS) is 22.9. The maximum absolute atomic E-state index is 13.2. The molecule has 0 saturated carbocycles. The predicted molar refractivity (Wildman–Crippen MR) is 117 cm³/mol. The molecule has 30 heavy (non-hydrogen) atoms. The van der Waals surface area contributed by atoms with E-state index in [0.717, 1.165) is 17.7 Å². The van der Waals surface area contributed by atoms with Gasteiger partial charge in [0, 0.05) is 32.2 Å². The fourth-order valence-electron chi connectivity index (χ4n) is 4.62. The highest BCUT2D eigenvalue weighted by Gasteiger charge is 2.35. The smallest absolute Gasteiger partial charge is 0.241 e. The molecule has 1 fully saturated rings. The van der Waals surface area contributed by atoms with Gasteiger partial charge in [-0.3, -0.25) is 9.59 Å². The maximum Gasteiger partial charge on any atom is 0.241 e. The van der Waals surface area contributed by atoms with E-state index >= 15 is 0 Å². The van der Waals surface area contributed by atoms with Crippen LogP contribution in [0.15, 0.2) is 23.1 Å². The Morgan fingerprint density at radius 1 is 1.13 bits per heavy atom. The van der Waals surface area contributed by atoms with Crippen LogP contribution in [0, 0.1) is 17.8 Å². The van der Waals surface area contributed by atoms with Gasteiger partial charge in [-0.15, -0.1) is 0 Å². The van der Waals surface area contributed by atoms with Crippen molar-refractivity contribution in [1.82, 2.24) is 9.62 Å². The van der Waals surface area contributed by atoms with Crippen LogP contribution in [0.2, 0.25) is 0 Å². The summed E-state index contributed by atoms with van der Waals surface area (Å²) in [6, 6.07) is 4.00. The van der Waals surface area contributed by atoms with Crippen molar-refractivity contribution >= 4 is 27.5 Å². The largest absolute Gasteiger partial charge is 0.341 e. The van der Waals surface area contributed by atoms with Crippen LogP contribution >= 0.6 is 0 Å². The Labute approximate surface area is 179 Å². The summed E-state index contributed by atoms with van der Waals surface area (Å²) in [6.45, 7) is 11.3. The molecule has 8 heteroatoms. The van der Waals surface area contributed by atoms with Crippen LogP contribution in [-0.2, 0) is 26.0 Å². The summed E-state index contributed by atoms with van der Waals surface area (Å²) < 4.78 is 28.9. The first-order valence-corrected chi connectivity index (χ1v) is 12.2. The van der Waals surface area contributed by atoms with E-state index in [1.807, 2.05) is 13.8 Å². The van der Waals surface area contributed by atoms with Crippen molar-refractivity contribution in [3.63, 3.8) is 0 Å². The summed E-state index contributed by atoms with van der Waals surface area (Å²) in [7, 11) is -3.88. The Morgan fingerprint density at radius 3 is 2.33 bits per heavy atom. The number of fused-ring (bicyclic) bond motifs is 1. The SMILES string of the molecule is CC(=O)N1CCc2cc(S(=O)(=O)NC(C(=O)N3CC(C)CC(C)C3)C(C)C)ccc21. The Kier molecular flexibility index (Phi) is 6.57. The number of sulfonamides is 1. The number of carbonyl (C=O) groups is 2. The Hall–Kier alpha value is -1.93. The molecule has 1 N–H and O–H groups in total. The second-order valence-electron chi connectivity index (χ2n) is 9.24. The molecule has 1 aromatic rings. The quantitative estimate of drug-likeness (QED) is 0.769. The van der Waals surface area contributed by atoms with Crippen LogP contribution in [0.4, 0.5) is 5.69 Å². The number of hydrogen-bond donors (Lipinski definition) is 1. The molecular formula is C22H33N3O4S. The number of anilines is 1. The van der Waals surface area contributed by atoms with Gasteiger partial charge in [0.15, 0.2) is 0 Å². The van der Waals surface area contributed by atoms with E-state index in [4.69, 9.17) is 0 Å². The first-order valence-electron chi connectivity index (χ1n) is 10.7. The molecule has 2 aliphatic rings. The number of piperidine rings is 1. The zero-order valence-electron chi connectivity index (χ0n) is 18.5. The molecule has 0 radical (unpaired) electrons. The van der Waals surface area contributed by atoms with Crippen LogP contribution in [-0.4, -0.2) is 50.8 Å². The van der Waals surface area contributed by atoms with Gasteiger partial charge in [0.05, 0.1) is 4.90 Å². The van der Waals surface area contributed by atoms with Gasteiger partial charge in [0.2, 0.25) is 21.8 Å². The Bertz CT molecular complexity index is 918. The van der Waals surface area contributed by atoms with Crippen molar-refractivity contribution in [2.45, 2.75) is 58.4 Å². The second-order valence-corrected chi connectivity index (χ2v) is 11.0. The van der Waals surface area contributed by atoms with E-state index in [1.165, 1.54) is 13.0 Å². The van der Waals surface area contributed by atoms with Gasteiger partial charge in [0.25, 0.3) is 0 Å². The van der Waals surface area contributed by atoms with Crippen molar-refractivity contribution in [3.05, 3.63) is 23.8 Å². The molecule has 3 atom stereocenters. The molecular weight excluding hydrogens is 402 g/mol. The molecule has 0 spiro atoms. The van der Waals surface area contributed by atoms with E-state index in [0.29, 0.717) is 37.9 Å². The molecule has 0 aromatic heterocycles. The van der Waals surface area contributed by atoms with Crippen molar-refractivity contribution in [3.8, 4) is 0 Å². The lowest BCUT2D eigenvalue weighted by Gasteiger charge is -2.37. The number of likely N-dealkylation sites (tertiary alicyclic amines) is 1. The number of rotatable bonds is 5. The summed E-state index contributed by atoms with van der Waals surface area (Å²) in [5.74, 6) is 0.419. The topological polar surface area (TPSA) is 86.8 Å². The summed E-state index contributed by atoms with van der Waals surface area (Å²) >= 11 is 0. The van der Waals surface area contributed by atoms with Crippen LogP contribution in [0.5, 0.6) is 0 Å². The zero-order chi connectivity index (χ0) is 22.2. The van der Waals surface area contributed by atoms with Crippen molar-refractivity contribution in [2.75, 3.05) is 24.5 Å². The molecule has 7 nitrogen and oxygen atoms in total. The van der Waals surface area contributed by atoms with Crippen molar-refractivity contribution in [1.29, 1.82) is 0 Å². The Balaban J connectivity index is 1.81. The number of carbonyl (C=O) groups excluding carboxylic acids is 2. The molecule has 2 aliphatic heterocycles. The number of amides is 2. The number of benzene rings is 1. The lowest BCUT2D eigenvalue weighted by atomic mass is 9.91. The van der Waals surface area contributed by atoms with E-state index in [1.54, 1.807) is 21.9 Å². The Morgan fingerprint density at radius 2 is 1.77 bits per heavy atom. The molecule has 0 bridgehead atoms. The third-order valence-electron chi connectivity index (χ3n) is 6.03. The highest BCUT2D eigenvalue weighted by Crippen LogP contribution is 2.30. The van der Waals surface area contributed by atoms with E-state index in [2.05, 4.69) is 18.6 Å². The van der Waals surface area contributed by atoms with Gasteiger partial charge in [-0.25, -0.2) is 8.42 Å². The maximum atomic E-state index is 13.2. The molecule has 3 unspecified atom stereocenters. The molecule has 1 aromatic carbocycles. The predicted octanol–water partition coefficient (Wildman–Crippen LogP) is 2.40.